The number of benzene rings is 2. The number of imidazole rings is 1. The number of hydrogen-bond acceptors (Lipinski definition) is 6. The van der Waals surface area contributed by atoms with Crippen molar-refractivity contribution in [2.45, 2.75) is 12.8 Å². The molecule has 1 aliphatic heterocycles. The number of nitrogens with zero attached hydrogens (tertiary/aromatic N) is 4. The third kappa shape index (κ3) is 4.01. The Balaban J connectivity index is 1.47. The molecule has 7 nitrogen and oxygen atoms in total. The zero-order chi connectivity index (χ0) is 21.9. The zero-order valence-corrected chi connectivity index (χ0v) is 18.4. The van der Waals surface area contributed by atoms with Crippen molar-refractivity contribution in [3.8, 4) is 11.6 Å². The van der Waals surface area contributed by atoms with Gasteiger partial charge in [-0.15, -0.1) is 0 Å². The summed E-state index contributed by atoms with van der Waals surface area (Å²) in [6.45, 7) is 3.89. The maximum absolute atomic E-state index is 5.88. The molecular formula is C25H29N5O2. The van der Waals surface area contributed by atoms with Gasteiger partial charge in [0.1, 0.15) is 24.5 Å². The number of pyridine rings is 1. The summed E-state index contributed by atoms with van der Waals surface area (Å²) in [4.78, 5) is 12.1. The van der Waals surface area contributed by atoms with Crippen molar-refractivity contribution in [1.29, 1.82) is 0 Å². The van der Waals surface area contributed by atoms with Gasteiger partial charge in [-0.25, -0.2) is 9.97 Å². The molecule has 32 heavy (non-hydrogen) atoms. The van der Waals surface area contributed by atoms with Crippen LogP contribution in [0.1, 0.15) is 12.8 Å². The van der Waals surface area contributed by atoms with Gasteiger partial charge in [-0.2, -0.15) is 0 Å². The highest BCUT2D eigenvalue weighted by Gasteiger charge is 2.20. The van der Waals surface area contributed by atoms with Crippen molar-refractivity contribution in [2.24, 2.45) is 11.7 Å². The number of piperidine rings is 1. The molecule has 1 aliphatic rings. The number of ether oxygens (including phenoxy) is 2. The van der Waals surface area contributed by atoms with Crippen molar-refractivity contribution in [2.75, 3.05) is 44.9 Å². The van der Waals surface area contributed by atoms with Crippen molar-refractivity contribution >= 4 is 27.6 Å². The first-order chi connectivity index (χ1) is 15.8. The number of anilines is 1. The first-order valence-corrected chi connectivity index (χ1v) is 11.2. The zero-order valence-electron chi connectivity index (χ0n) is 18.4. The van der Waals surface area contributed by atoms with Crippen LogP contribution < -0.4 is 15.4 Å². The van der Waals surface area contributed by atoms with Crippen LogP contribution >= 0.6 is 0 Å². The van der Waals surface area contributed by atoms with E-state index in [1.807, 2.05) is 29.1 Å². The summed E-state index contributed by atoms with van der Waals surface area (Å²) in [5.74, 6) is 2.28. The lowest BCUT2D eigenvalue weighted by Crippen LogP contribution is -2.36. The first-order valence-electron chi connectivity index (χ1n) is 11.2. The van der Waals surface area contributed by atoms with Gasteiger partial charge in [0, 0.05) is 31.7 Å². The summed E-state index contributed by atoms with van der Waals surface area (Å²) in [7, 11) is 1.67. The average molecular weight is 432 g/mol. The van der Waals surface area contributed by atoms with Gasteiger partial charge in [-0.05, 0) is 55.6 Å². The van der Waals surface area contributed by atoms with E-state index >= 15 is 0 Å². The lowest BCUT2D eigenvalue weighted by Gasteiger charge is -2.33. The molecule has 0 saturated carbocycles. The van der Waals surface area contributed by atoms with Crippen LogP contribution in [0.3, 0.4) is 0 Å². The van der Waals surface area contributed by atoms with E-state index in [2.05, 4.69) is 40.2 Å². The molecule has 1 saturated heterocycles. The van der Waals surface area contributed by atoms with Crippen LogP contribution in [-0.2, 0) is 4.74 Å². The van der Waals surface area contributed by atoms with Crippen LogP contribution in [0.15, 0.2) is 54.9 Å². The Bertz CT molecular complexity index is 1210. The third-order valence-electron chi connectivity index (χ3n) is 6.29. The number of methoxy groups -OCH3 is 1. The maximum Gasteiger partial charge on any atom is 0.139 e. The summed E-state index contributed by atoms with van der Waals surface area (Å²) in [6.07, 6.45) is 4.09. The van der Waals surface area contributed by atoms with Gasteiger partial charge in [-0.1, -0.05) is 12.1 Å². The molecule has 0 radical (unpaired) electrons. The summed E-state index contributed by atoms with van der Waals surface area (Å²) in [5.41, 5.74) is 9.97. The Morgan fingerprint density at radius 3 is 2.75 bits per heavy atom. The molecule has 0 bridgehead atoms. The summed E-state index contributed by atoms with van der Waals surface area (Å²) in [5, 5.41) is 1.14. The van der Waals surface area contributed by atoms with E-state index in [0.717, 1.165) is 66.0 Å². The standard InChI is InChI=1S/C25H29N5O2/c1-31-13-14-32-20-6-7-22-21(15-20)27-17-30(22)24-8-5-19-3-2-4-23(25(19)28-24)29-11-9-18(16-26)10-12-29/h2-8,15,17-18H,9-14,16,26H2,1H3. The van der Waals surface area contributed by atoms with E-state index < -0.39 is 0 Å². The van der Waals surface area contributed by atoms with Crippen LogP contribution in [0.2, 0.25) is 0 Å². The Labute approximate surface area is 187 Å². The van der Waals surface area contributed by atoms with Crippen LogP contribution in [0.25, 0.3) is 27.8 Å². The molecule has 4 aromatic rings. The van der Waals surface area contributed by atoms with Crippen molar-refractivity contribution < 1.29 is 9.47 Å². The summed E-state index contributed by atoms with van der Waals surface area (Å²) in [6, 6.07) is 16.6. The molecule has 1 fully saturated rings. The van der Waals surface area contributed by atoms with Gasteiger partial charge in [0.2, 0.25) is 0 Å². The molecule has 0 aliphatic carbocycles. The molecule has 2 aromatic carbocycles. The fourth-order valence-corrected chi connectivity index (χ4v) is 4.43. The maximum atomic E-state index is 5.88. The molecular weight excluding hydrogens is 402 g/mol. The van der Waals surface area contributed by atoms with Gasteiger partial charge in [0.05, 0.1) is 28.8 Å². The Morgan fingerprint density at radius 2 is 1.94 bits per heavy atom. The van der Waals surface area contributed by atoms with E-state index in [1.165, 1.54) is 5.69 Å². The molecule has 0 spiro atoms. The van der Waals surface area contributed by atoms with Crippen LogP contribution in [0.4, 0.5) is 5.69 Å². The smallest absolute Gasteiger partial charge is 0.139 e. The largest absolute Gasteiger partial charge is 0.491 e. The number of rotatable bonds is 7. The molecule has 2 aromatic heterocycles. The normalized spacial score (nSPS) is 15.0. The molecule has 7 heteroatoms. The second kappa shape index (κ2) is 9.14. The molecule has 0 atom stereocenters. The van der Waals surface area contributed by atoms with Gasteiger partial charge in [0.15, 0.2) is 0 Å². The van der Waals surface area contributed by atoms with E-state index in [0.29, 0.717) is 19.1 Å². The van der Waals surface area contributed by atoms with E-state index in [9.17, 15) is 0 Å². The van der Waals surface area contributed by atoms with E-state index in [-0.39, 0.29) is 0 Å². The van der Waals surface area contributed by atoms with Gasteiger partial charge in [-0.3, -0.25) is 4.57 Å². The SMILES string of the molecule is COCCOc1ccc2c(c1)ncn2-c1ccc2cccc(N3CCC(CN)CC3)c2n1. The molecule has 0 unspecified atom stereocenters. The summed E-state index contributed by atoms with van der Waals surface area (Å²) < 4.78 is 12.8. The Kier molecular flexibility index (Phi) is 5.92. The Morgan fingerprint density at radius 1 is 1.06 bits per heavy atom. The highest BCUT2D eigenvalue weighted by molar-refractivity contribution is 5.92. The molecule has 5 rings (SSSR count). The van der Waals surface area contributed by atoms with Crippen molar-refractivity contribution in [3.05, 3.63) is 54.9 Å². The van der Waals surface area contributed by atoms with Crippen molar-refractivity contribution in [3.63, 3.8) is 0 Å². The highest BCUT2D eigenvalue weighted by atomic mass is 16.5. The van der Waals surface area contributed by atoms with Gasteiger partial charge < -0.3 is 20.1 Å². The minimum absolute atomic E-state index is 0.514. The molecule has 0 amide bonds. The second-order valence-electron chi connectivity index (χ2n) is 8.29. The fourth-order valence-electron chi connectivity index (χ4n) is 4.43. The number of aromatic nitrogens is 3. The number of para-hydroxylation sites is 1. The van der Waals surface area contributed by atoms with Crippen molar-refractivity contribution in [1.82, 2.24) is 14.5 Å². The lowest BCUT2D eigenvalue weighted by molar-refractivity contribution is 0.146. The minimum Gasteiger partial charge on any atom is -0.491 e. The quantitative estimate of drug-likeness (QED) is 0.449. The van der Waals surface area contributed by atoms with E-state index in [4.69, 9.17) is 20.2 Å². The van der Waals surface area contributed by atoms with Crippen LogP contribution in [-0.4, -0.2) is 54.5 Å². The number of fused-ring (bicyclic) bond motifs is 2. The van der Waals surface area contributed by atoms with Gasteiger partial charge in [0.25, 0.3) is 0 Å². The predicted octanol–water partition coefficient (Wildman–Crippen LogP) is 3.77. The lowest BCUT2D eigenvalue weighted by atomic mass is 9.96. The van der Waals surface area contributed by atoms with Crippen LogP contribution in [0.5, 0.6) is 5.75 Å². The topological polar surface area (TPSA) is 78.4 Å². The molecule has 2 N–H and O–H groups in total. The second-order valence-corrected chi connectivity index (χ2v) is 8.29. The monoisotopic (exact) mass is 431 g/mol. The highest BCUT2D eigenvalue weighted by Crippen LogP contribution is 2.30. The third-order valence-corrected chi connectivity index (χ3v) is 6.29. The first kappa shape index (κ1) is 20.7. The Hall–Kier alpha value is -3.16. The van der Waals surface area contributed by atoms with Crippen LogP contribution in [0, 0.1) is 5.92 Å². The minimum atomic E-state index is 0.514. The number of hydrogen-bond donors (Lipinski definition) is 1. The van der Waals surface area contributed by atoms with Gasteiger partial charge >= 0.3 is 0 Å². The molecule has 3 heterocycles. The molecule has 166 valence electrons. The fraction of sp³-hybridized carbons (Fsp3) is 0.360. The average Bonchev–Trinajstić information content (AvgIpc) is 3.27. The number of nitrogens with two attached hydrogens (primary N) is 1. The summed E-state index contributed by atoms with van der Waals surface area (Å²) >= 11 is 0. The van der Waals surface area contributed by atoms with E-state index in [1.54, 1.807) is 7.11 Å². The predicted molar refractivity (Wildman–Crippen MR) is 128 cm³/mol.